The number of halogens is 1. The first kappa shape index (κ1) is 16.7. The molecule has 0 N–H and O–H groups in total. The molecule has 7 heteroatoms. The predicted molar refractivity (Wildman–Crippen MR) is 76.9 cm³/mol. The maximum atomic E-state index is 13.7. The van der Waals surface area contributed by atoms with E-state index in [2.05, 4.69) is 0 Å². The second-order valence-corrected chi connectivity index (χ2v) is 4.98. The summed E-state index contributed by atoms with van der Waals surface area (Å²) in [7, 11) is 1.30. The minimum atomic E-state index is -0.780. The summed E-state index contributed by atoms with van der Waals surface area (Å²) in [5.41, 5.74) is -0.0610. The highest BCUT2D eigenvalue weighted by Crippen LogP contribution is 2.35. The Morgan fingerprint density at radius 3 is 2.67 bits per heavy atom. The molecule has 0 bridgehead atoms. The van der Waals surface area contributed by atoms with Crippen molar-refractivity contribution in [1.29, 1.82) is 5.26 Å². The Morgan fingerprint density at radius 2 is 2.19 bits per heavy atom. The Morgan fingerprint density at radius 1 is 1.52 bits per heavy atom. The van der Waals surface area contributed by atoms with Gasteiger partial charge in [-0.2, -0.15) is 5.26 Å². The van der Waals surface area contributed by atoms with Gasteiger partial charge in [0.1, 0.15) is 5.69 Å². The third-order valence-electron chi connectivity index (χ3n) is 2.87. The number of nitro benzene ring substituents is 1. The fourth-order valence-corrected chi connectivity index (χ4v) is 2.02. The normalized spacial score (nSPS) is 10.3. The fraction of sp³-hybridized carbons (Fsp3) is 0.500. The Balaban J connectivity index is 3.32. The number of benzene rings is 1. The molecule has 0 spiro atoms. The van der Waals surface area contributed by atoms with E-state index in [9.17, 15) is 14.5 Å². The van der Waals surface area contributed by atoms with Gasteiger partial charge in [0.05, 0.1) is 30.6 Å². The van der Waals surface area contributed by atoms with Crippen LogP contribution in [0.15, 0.2) is 12.1 Å². The summed E-state index contributed by atoms with van der Waals surface area (Å²) in [6.45, 7) is 4.79. The van der Waals surface area contributed by atoms with E-state index >= 15 is 0 Å². The molecule has 0 amide bonds. The molecule has 0 unspecified atom stereocenters. The van der Waals surface area contributed by atoms with Gasteiger partial charge in [-0.05, 0) is 5.92 Å². The third-order valence-corrected chi connectivity index (χ3v) is 2.87. The van der Waals surface area contributed by atoms with Crippen molar-refractivity contribution < 1.29 is 14.1 Å². The van der Waals surface area contributed by atoms with Gasteiger partial charge < -0.3 is 9.64 Å². The van der Waals surface area contributed by atoms with E-state index in [4.69, 9.17) is 10.00 Å². The van der Waals surface area contributed by atoms with Gasteiger partial charge in [0.25, 0.3) is 5.69 Å². The standard InChI is InChI=1S/C14H18FN3O3/c1-10(2)9-17(6-4-5-16)12-8-14(21-3)11(15)7-13(12)18(19)20/h7-8,10H,4,6,9H2,1-3H3. The maximum absolute atomic E-state index is 13.7. The molecular weight excluding hydrogens is 277 g/mol. The molecule has 0 aliphatic carbocycles. The summed E-state index contributed by atoms with van der Waals surface area (Å²) in [5, 5.41) is 19.9. The molecule has 0 aliphatic rings. The van der Waals surface area contributed by atoms with Crippen molar-refractivity contribution in [2.24, 2.45) is 5.92 Å². The molecule has 1 rings (SSSR count). The van der Waals surface area contributed by atoms with E-state index in [1.807, 2.05) is 19.9 Å². The molecular formula is C14H18FN3O3. The molecule has 1 aromatic rings. The van der Waals surface area contributed by atoms with E-state index in [-0.39, 0.29) is 29.5 Å². The highest BCUT2D eigenvalue weighted by molar-refractivity contribution is 5.66. The van der Waals surface area contributed by atoms with Crippen molar-refractivity contribution in [2.75, 3.05) is 25.1 Å². The topological polar surface area (TPSA) is 79.4 Å². The summed E-state index contributed by atoms with van der Waals surface area (Å²) in [6, 6.07) is 4.18. The Kier molecular flexibility index (Phi) is 5.91. The number of methoxy groups -OCH3 is 1. The predicted octanol–water partition coefficient (Wildman–Crippen LogP) is 3.12. The average Bonchev–Trinajstić information content (AvgIpc) is 2.42. The van der Waals surface area contributed by atoms with Crippen LogP contribution in [0.25, 0.3) is 0 Å². The van der Waals surface area contributed by atoms with Crippen molar-refractivity contribution in [3.8, 4) is 11.8 Å². The molecule has 0 saturated heterocycles. The zero-order valence-electron chi connectivity index (χ0n) is 12.3. The highest BCUT2D eigenvalue weighted by Gasteiger charge is 2.23. The van der Waals surface area contributed by atoms with Crippen LogP contribution in [0.4, 0.5) is 15.8 Å². The first-order chi connectivity index (χ1) is 9.90. The van der Waals surface area contributed by atoms with E-state index in [0.29, 0.717) is 13.1 Å². The molecule has 6 nitrogen and oxygen atoms in total. The fourth-order valence-electron chi connectivity index (χ4n) is 2.02. The lowest BCUT2D eigenvalue weighted by atomic mass is 10.1. The number of hydrogen-bond donors (Lipinski definition) is 0. The van der Waals surface area contributed by atoms with Crippen LogP contribution >= 0.6 is 0 Å². The lowest BCUT2D eigenvalue weighted by Gasteiger charge is -2.25. The van der Waals surface area contributed by atoms with Crippen LogP contribution in [0.1, 0.15) is 20.3 Å². The van der Waals surface area contributed by atoms with E-state index in [1.165, 1.54) is 13.2 Å². The second-order valence-electron chi connectivity index (χ2n) is 4.98. The summed E-state index contributed by atoms with van der Waals surface area (Å²) in [6.07, 6.45) is 0.226. The molecule has 114 valence electrons. The van der Waals surface area contributed by atoms with Gasteiger partial charge in [0.2, 0.25) is 0 Å². The van der Waals surface area contributed by atoms with Crippen LogP contribution in [-0.4, -0.2) is 25.1 Å². The number of nitro groups is 1. The number of hydrogen-bond acceptors (Lipinski definition) is 5. The monoisotopic (exact) mass is 295 g/mol. The van der Waals surface area contributed by atoms with Gasteiger partial charge in [0, 0.05) is 19.2 Å². The minimum absolute atomic E-state index is 0.0543. The molecule has 0 aliphatic heterocycles. The number of anilines is 1. The zero-order chi connectivity index (χ0) is 16.0. The second kappa shape index (κ2) is 7.43. The van der Waals surface area contributed by atoms with Crippen LogP contribution in [0, 0.1) is 33.2 Å². The maximum Gasteiger partial charge on any atom is 0.295 e. The molecule has 1 aromatic carbocycles. The first-order valence-electron chi connectivity index (χ1n) is 6.54. The van der Waals surface area contributed by atoms with Crippen molar-refractivity contribution in [3.63, 3.8) is 0 Å². The van der Waals surface area contributed by atoms with Gasteiger partial charge in [-0.1, -0.05) is 13.8 Å². The molecule has 0 radical (unpaired) electrons. The lowest BCUT2D eigenvalue weighted by molar-refractivity contribution is -0.384. The Hall–Kier alpha value is -2.36. The van der Waals surface area contributed by atoms with E-state index in [1.54, 1.807) is 4.90 Å². The van der Waals surface area contributed by atoms with Gasteiger partial charge in [0.15, 0.2) is 11.6 Å². The summed E-state index contributed by atoms with van der Waals surface area (Å²) >= 11 is 0. The van der Waals surface area contributed by atoms with E-state index in [0.717, 1.165) is 6.07 Å². The van der Waals surface area contributed by atoms with Crippen molar-refractivity contribution >= 4 is 11.4 Å². The highest BCUT2D eigenvalue weighted by atomic mass is 19.1. The average molecular weight is 295 g/mol. The molecule has 0 heterocycles. The molecule has 0 saturated carbocycles. The molecule has 0 atom stereocenters. The zero-order valence-corrected chi connectivity index (χ0v) is 12.3. The van der Waals surface area contributed by atoms with Crippen molar-refractivity contribution in [1.82, 2.24) is 0 Å². The summed E-state index contributed by atoms with van der Waals surface area (Å²) in [4.78, 5) is 12.2. The van der Waals surface area contributed by atoms with Crippen LogP contribution < -0.4 is 9.64 Å². The summed E-state index contributed by atoms with van der Waals surface area (Å²) in [5.74, 6) is -0.599. The van der Waals surface area contributed by atoms with Crippen molar-refractivity contribution in [3.05, 3.63) is 28.1 Å². The van der Waals surface area contributed by atoms with Gasteiger partial charge in [-0.15, -0.1) is 0 Å². The van der Waals surface area contributed by atoms with Gasteiger partial charge >= 0.3 is 0 Å². The number of ether oxygens (including phenoxy) is 1. The third kappa shape index (κ3) is 4.31. The van der Waals surface area contributed by atoms with Crippen LogP contribution in [0.2, 0.25) is 0 Å². The van der Waals surface area contributed by atoms with Gasteiger partial charge in [-0.25, -0.2) is 4.39 Å². The Bertz CT molecular complexity index is 555. The largest absolute Gasteiger partial charge is 0.494 e. The van der Waals surface area contributed by atoms with E-state index < -0.39 is 10.7 Å². The van der Waals surface area contributed by atoms with Crippen molar-refractivity contribution in [2.45, 2.75) is 20.3 Å². The quantitative estimate of drug-likeness (QED) is 0.570. The SMILES string of the molecule is COc1cc(N(CCC#N)CC(C)C)c([N+](=O)[O-])cc1F. The first-order valence-corrected chi connectivity index (χ1v) is 6.54. The molecule has 0 fully saturated rings. The van der Waals surface area contributed by atoms with Crippen LogP contribution in [0.5, 0.6) is 5.75 Å². The van der Waals surface area contributed by atoms with Crippen LogP contribution in [-0.2, 0) is 0 Å². The summed E-state index contributed by atoms with van der Waals surface area (Å²) < 4.78 is 18.6. The number of nitriles is 1. The lowest BCUT2D eigenvalue weighted by Crippen LogP contribution is -2.29. The van der Waals surface area contributed by atoms with Crippen LogP contribution in [0.3, 0.4) is 0 Å². The Labute approximate surface area is 122 Å². The number of nitrogens with zero attached hydrogens (tertiary/aromatic N) is 3. The molecule has 21 heavy (non-hydrogen) atoms. The number of rotatable bonds is 7. The molecule has 0 aromatic heterocycles. The smallest absolute Gasteiger partial charge is 0.295 e. The minimum Gasteiger partial charge on any atom is -0.494 e. The van der Waals surface area contributed by atoms with Gasteiger partial charge in [-0.3, -0.25) is 10.1 Å².